The first-order chi connectivity index (χ1) is 9.75. The van der Waals surface area contributed by atoms with E-state index in [9.17, 15) is 4.79 Å². The predicted octanol–water partition coefficient (Wildman–Crippen LogP) is 2.47. The Balaban J connectivity index is 1.61. The topological polar surface area (TPSA) is 63.5 Å². The summed E-state index contributed by atoms with van der Waals surface area (Å²) in [6.07, 6.45) is 1.57. The Bertz CT molecular complexity index is 538. The lowest BCUT2D eigenvalue weighted by Gasteiger charge is -2.10. The molecule has 0 saturated carbocycles. The quantitative estimate of drug-likeness (QED) is 0.795. The largest absolute Gasteiger partial charge is 0.491 e. The number of benzene rings is 1. The van der Waals surface area contributed by atoms with Crippen LogP contribution in [0.3, 0.4) is 0 Å². The highest BCUT2D eigenvalue weighted by atomic mass is 16.5. The molecule has 5 heteroatoms. The number of ether oxygens (including phenoxy) is 1. The molecule has 0 radical (unpaired) electrons. The van der Waals surface area contributed by atoms with Crippen molar-refractivity contribution < 1.29 is 13.9 Å². The lowest BCUT2D eigenvalue weighted by atomic mass is 10.2. The number of rotatable bonds is 6. The molecule has 0 aliphatic rings. The molecule has 0 bridgehead atoms. The second kappa shape index (κ2) is 7.23. The highest BCUT2D eigenvalue weighted by molar-refractivity contribution is 5.73. The van der Waals surface area contributed by atoms with Gasteiger partial charge in [0.05, 0.1) is 19.4 Å². The lowest BCUT2D eigenvalue weighted by Crippen LogP contribution is -2.37. The van der Waals surface area contributed by atoms with Crippen molar-refractivity contribution in [2.75, 3.05) is 13.2 Å². The van der Waals surface area contributed by atoms with Crippen LogP contribution in [0.1, 0.15) is 11.3 Å². The van der Waals surface area contributed by atoms with E-state index in [1.807, 2.05) is 37.3 Å². The number of aryl methyl sites for hydroxylation is 1. The number of hydrogen-bond donors (Lipinski definition) is 2. The van der Waals surface area contributed by atoms with Gasteiger partial charge in [0.15, 0.2) is 0 Å². The minimum absolute atomic E-state index is 0.241. The number of carbonyl (C=O) groups excluding carboxylic acids is 1. The Labute approximate surface area is 117 Å². The smallest absolute Gasteiger partial charge is 0.315 e. The molecule has 1 aromatic heterocycles. The average Bonchev–Trinajstić information content (AvgIpc) is 2.96. The van der Waals surface area contributed by atoms with E-state index in [-0.39, 0.29) is 6.03 Å². The number of nitrogens with one attached hydrogen (secondary N) is 2. The summed E-state index contributed by atoms with van der Waals surface area (Å²) in [6, 6.07) is 11.1. The van der Waals surface area contributed by atoms with Gasteiger partial charge in [0.2, 0.25) is 0 Å². The maximum atomic E-state index is 11.5. The summed E-state index contributed by atoms with van der Waals surface area (Å²) < 4.78 is 10.7. The summed E-state index contributed by atoms with van der Waals surface area (Å²) in [5, 5.41) is 5.41. The number of furan rings is 1. The summed E-state index contributed by atoms with van der Waals surface area (Å²) in [4.78, 5) is 11.5. The zero-order valence-corrected chi connectivity index (χ0v) is 11.4. The number of amides is 2. The van der Waals surface area contributed by atoms with E-state index in [1.165, 1.54) is 0 Å². The summed E-state index contributed by atoms with van der Waals surface area (Å²) in [5.74, 6) is 1.56. The molecule has 0 spiro atoms. The van der Waals surface area contributed by atoms with Crippen LogP contribution in [0.15, 0.2) is 47.1 Å². The molecule has 106 valence electrons. The number of para-hydroxylation sites is 1. The van der Waals surface area contributed by atoms with Gasteiger partial charge in [0.1, 0.15) is 18.1 Å². The normalized spacial score (nSPS) is 10.1. The Morgan fingerprint density at radius 3 is 2.80 bits per heavy atom. The molecule has 2 rings (SSSR count). The minimum atomic E-state index is -0.241. The molecule has 0 fully saturated rings. The van der Waals surface area contributed by atoms with Crippen molar-refractivity contribution in [3.63, 3.8) is 0 Å². The molecule has 0 aliphatic heterocycles. The van der Waals surface area contributed by atoms with Gasteiger partial charge >= 0.3 is 6.03 Å². The van der Waals surface area contributed by atoms with E-state index >= 15 is 0 Å². The van der Waals surface area contributed by atoms with Crippen LogP contribution >= 0.6 is 0 Å². The zero-order chi connectivity index (χ0) is 14.2. The van der Waals surface area contributed by atoms with E-state index in [1.54, 1.807) is 12.3 Å². The molecule has 0 aliphatic carbocycles. The molecular formula is C15H18N2O3. The number of urea groups is 1. The van der Waals surface area contributed by atoms with Crippen molar-refractivity contribution in [1.82, 2.24) is 10.6 Å². The second-order valence-corrected chi connectivity index (χ2v) is 4.30. The Morgan fingerprint density at radius 2 is 2.05 bits per heavy atom. The van der Waals surface area contributed by atoms with Crippen molar-refractivity contribution in [3.8, 4) is 5.75 Å². The fourth-order valence-electron chi connectivity index (χ4n) is 1.69. The molecule has 20 heavy (non-hydrogen) atoms. The van der Waals surface area contributed by atoms with Crippen molar-refractivity contribution in [2.24, 2.45) is 0 Å². The fraction of sp³-hybridized carbons (Fsp3) is 0.267. The molecule has 5 nitrogen and oxygen atoms in total. The van der Waals surface area contributed by atoms with Gasteiger partial charge in [-0.2, -0.15) is 0 Å². The van der Waals surface area contributed by atoms with Gasteiger partial charge in [-0.15, -0.1) is 0 Å². The van der Waals surface area contributed by atoms with Crippen molar-refractivity contribution >= 4 is 6.03 Å². The van der Waals surface area contributed by atoms with Gasteiger partial charge < -0.3 is 19.8 Å². The third kappa shape index (κ3) is 4.35. The van der Waals surface area contributed by atoms with E-state index in [0.717, 1.165) is 17.1 Å². The molecule has 2 amide bonds. The standard InChI is InChI=1S/C15H18N2O3/c1-12-5-2-3-7-14(12)20-10-8-16-15(18)17-11-13-6-4-9-19-13/h2-7,9H,8,10-11H2,1H3,(H2,16,17,18). The maximum absolute atomic E-state index is 11.5. The van der Waals surface area contributed by atoms with Crippen molar-refractivity contribution in [3.05, 3.63) is 54.0 Å². The molecule has 0 unspecified atom stereocenters. The van der Waals surface area contributed by atoms with Gasteiger partial charge in [-0.05, 0) is 30.7 Å². The lowest BCUT2D eigenvalue weighted by molar-refractivity contribution is 0.235. The number of hydrogen-bond acceptors (Lipinski definition) is 3. The summed E-state index contributed by atoms with van der Waals surface area (Å²) >= 11 is 0. The third-order valence-electron chi connectivity index (χ3n) is 2.74. The van der Waals surface area contributed by atoms with Crippen LogP contribution in [0.25, 0.3) is 0 Å². The van der Waals surface area contributed by atoms with E-state index < -0.39 is 0 Å². The molecule has 2 N–H and O–H groups in total. The van der Waals surface area contributed by atoms with Gasteiger partial charge in [-0.3, -0.25) is 0 Å². The molecule has 1 aromatic carbocycles. The van der Waals surface area contributed by atoms with Crippen LogP contribution in [-0.4, -0.2) is 19.2 Å². The molecular weight excluding hydrogens is 256 g/mol. The van der Waals surface area contributed by atoms with Crippen LogP contribution in [0.5, 0.6) is 5.75 Å². The van der Waals surface area contributed by atoms with Crippen LogP contribution < -0.4 is 15.4 Å². The SMILES string of the molecule is Cc1ccccc1OCCNC(=O)NCc1ccco1. The van der Waals surface area contributed by atoms with Crippen LogP contribution in [0.4, 0.5) is 4.79 Å². The highest BCUT2D eigenvalue weighted by Crippen LogP contribution is 2.15. The van der Waals surface area contributed by atoms with Gasteiger partial charge in [0.25, 0.3) is 0 Å². The van der Waals surface area contributed by atoms with E-state index in [4.69, 9.17) is 9.15 Å². The average molecular weight is 274 g/mol. The summed E-state index contributed by atoms with van der Waals surface area (Å²) in [5.41, 5.74) is 1.08. The molecule has 0 saturated heterocycles. The first-order valence-corrected chi connectivity index (χ1v) is 6.48. The predicted molar refractivity (Wildman–Crippen MR) is 75.6 cm³/mol. The van der Waals surface area contributed by atoms with E-state index in [0.29, 0.717) is 19.7 Å². The fourth-order valence-corrected chi connectivity index (χ4v) is 1.69. The van der Waals surface area contributed by atoms with Crippen LogP contribution in [-0.2, 0) is 6.54 Å². The second-order valence-electron chi connectivity index (χ2n) is 4.30. The Hall–Kier alpha value is -2.43. The van der Waals surface area contributed by atoms with Gasteiger partial charge in [-0.1, -0.05) is 18.2 Å². The summed E-state index contributed by atoms with van der Waals surface area (Å²) in [7, 11) is 0. The van der Waals surface area contributed by atoms with Gasteiger partial charge in [0, 0.05) is 0 Å². The molecule has 1 heterocycles. The van der Waals surface area contributed by atoms with E-state index in [2.05, 4.69) is 10.6 Å². The molecule has 2 aromatic rings. The third-order valence-corrected chi connectivity index (χ3v) is 2.74. The van der Waals surface area contributed by atoms with Crippen LogP contribution in [0.2, 0.25) is 0 Å². The first kappa shape index (κ1) is 14.0. The summed E-state index contributed by atoms with van der Waals surface area (Å²) in [6.45, 7) is 3.23. The highest BCUT2D eigenvalue weighted by Gasteiger charge is 2.02. The zero-order valence-electron chi connectivity index (χ0n) is 11.4. The van der Waals surface area contributed by atoms with Crippen molar-refractivity contribution in [2.45, 2.75) is 13.5 Å². The van der Waals surface area contributed by atoms with Gasteiger partial charge in [-0.25, -0.2) is 4.79 Å². The van der Waals surface area contributed by atoms with Crippen LogP contribution in [0, 0.1) is 6.92 Å². The monoisotopic (exact) mass is 274 g/mol. The maximum Gasteiger partial charge on any atom is 0.315 e. The molecule has 0 atom stereocenters. The van der Waals surface area contributed by atoms with Crippen molar-refractivity contribution in [1.29, 1.82) is 0 Å². The number of carbonyl (C=O) groups is 1. The first-order valence-electron chi connectivity index (χ1n) is 6.48. The Kier molecular flexibility index (Phi) is 5.06. The Morgan fingerprint density at radius 1 is 1.20 bits per heavy atom. The minimum Gasteiger partial charge on any atom is -0.491 e.